The molecule has 0 aliphatic carbocycles. The predicted octanol–water partition coefficient (Wildman–Crippen LogP) is 4.60. The van der Waals surface area contributed by atoms with Crippen LogP contribution in [0.2, 0.25) is 10.0 Å². The molecule has 0 radical (unpaired) electrons. The molecule has 1 aliphatic rings. The maximum Gasteiger partial charge on any atom is 0.0617 e. The van der Waals surface area contributed by atoms with Crippen LogP contribution in [0.4, 0.5) is 0 Å². The fourth-order valence-electron chi connectivity index (χ4n) is 3.19. The maximum atomic E-state index is 6.54. The van der Waals surface area contributed by atoms with E-state index in [1.807, 2.05) is 12.1 Å². The molecule has 1 aliphatic heterocycles. The second-order valence-electron chi connectivity index (χ2n) is 6.20. The van der Waals surface area contributed by atoms with Gasteiger partial charge in [0.1, 0.15) is 0 Å². The largest absolute Gasteiger partial charge is 0.314 e. The van der Waals surface area contributed by atoms with E-state index in [4.69, 9.17) is 23.2 Å². The molecule has 1 N–H and O–H groups in total. The van der Waals surface area contributed by atoms with Crippen LogP contribution in [-0.4, -0.2) is 31.1 Å². The van der Waals surface area contributed by atoms with E-state index in [1.165, 1.54) is 16.7 Å². The minimum Gasteiger partial charge on any atom is -0.314 e. The van der Waals surface area contributed by atoms with Gasteiger partial charge in [-0.25, -0.2) is 0 Å². The standard InChI is InChI=1S/C19H22Cl2N2/c1-13-3-4-15(11-14(13)2)19(23-9-7-22-8-10-23)17-6-5-16(20)12-18(17)21/h3-6,11-12,19,22H,7-10H2,1-2H3. The number of nitrogens with one attached hydrogen (secondary N) is 1. The summed E-state index contributed by atoms with van der Waals surface area (Å²) in [5, 5.41) is 4.84. The molecule has 1 fully saturated rings. The van der Waals surface area contributed by atoms with Gasteiger partial charge in [0.05, 0.1) is 6.04 Å². The van der Waals surface area contributed by atoms with Gasteiger partial charge in [0.2, 0.25) is 0 Å². The van der Waals surface area contributed by atoms with Gasteiger partial charge < -0.3 is 5.32 Å². The van der Waals surface area contributed by atoms with E-state index in [0.717, 1.165) is 36.8 Å². The SMILES string of the molecule is Cc1ccc(C(c2ccc(Cl)cc2Cl)N2CCNCC2)cc1C. The molecule has 0 saturated carbocycles. The molecular weight excluding hydrogens is 327 g/mol. The first-order valence-electron chi connectivity index (χ1n) is 8.03. The lowest BCUT2D eigenvalue weighted by Gasteiger charge is -2.36. The van der Waals surface area contributed by atoms with E-state index in [0.29, 0.717) is 5.02 Å². The van der Waals surface area contributed by atoms with Gasteiger partial charge in [0, 0.05) is 36.2 Å². The zero-order chi connectivity index (χ0) is 16.4. The molecule has 2 aromatic carbocycles. The Morgan fingerprint density at radius 3 is 2.35 bits per heavy atom. The smallest absolute Gasteiger partial charge is 0.0617 e. The first-order chi connectivity index (χ1) is 11.1. The Balaban J connectivity index is 2.07. The molecule has 1 unspecified atom stereocenters. The van der Waals surface area contributed by atoms with Crippen LogP contribution < -0.4 is 5.32 Å². The van der Waals surface area contributed by atoms with Crippen molar-refractivity contribution in [3.8, 4) is 0 Å². The van der Waals surface area contributed by atoms with Crippen molar-refractivity contribution >= 4 is 23.2 Å². The molecular formula is C19H22Cl2N2. The number of aryl methyl sites for hydroxylation is 2. The van der Waals surface area contributed by atoms with Gasteiger partial charge in [-0.2, -0.15) is 0 Å². The Morgan fingerprint density at radius 2 is 1.70 bits per heavy atom. The molecule has 2 nitrogen and oxygen atoms in total. The average Bonchev–Trinajstić information content (AvgIpc) is 2.54. The Bertz CT molecular complexity index is 694. The van der Waals surface area contributed by atoms with Gasteiger partial charge >= 0.3 is 0 Å². The molecule has 0 bridgehead atoms. The normalized spacial score (nSPS) is 17.2. The molecule has 0 spiro atoms. The van der Waals surface area contributed by atoms with Gasteiger partial charge in [-0.05, 0) is 48.2 Å². The van der Waals surface area contributed by atoms with Crippen molar-refractivity contribution in [1.82, 2.24) is 10.2 Å². The molecule has 3 rings (SSSR count). The number of hydrogen-bond acceptors (Lipinski definition) is 2. The summed E-state index contributed by atoms with van der Waals surface area (Å²) >= 11 is 12.6. The van der Waals surface area contributed by atoms with E-state index < -0.39 is 0 Å². The van der Waals surface area contributed by atoms with Crippen LogP contribution in [0, 0.1) is 13.8 Å². The summed E-state index contributed by atoms with van der Waals surface area (Å²) in [6, 6.07) is 12.7. The lowest BCUT2D eigenvalue weighted by Crippen LogP contribution is -2.45. The van der Waals surface area contributed by atoms with Gasteiger partial charge in [-0.3, -0.25) is 4.90 Å². The summed E-state index contributed by atoms with van der Waals surface area (Å²) in [4.78, 5) is 2.50. The lowest BCUT2D eigenvalue weighted by molar-refractivity contribution is 0.198. The van der Waals surface area contributed by atoms with Crippen molar-refractivity contribution in [1.29, 1.82) is 0 Å². The van der Waals surface area contributed by atoms with Crippen molar-refractivity contribution in [2.75, 3.05) is 26.2 Å². The molecule has 2 aromatic rings. The van der Waals surface area contributed by atoms with Crippen molar-refractivity contribution in [3.05, 3.63) is 68.7 Å². The number of nitrogens with zero attached hydrogens (tertiary/aromatic N) is 1. The molecule has 0 aromatic heterocycles. The second kappa shape index (κ2) is 7.23. The van der Waals surface area contributed by atoms with Crippen molar-refractivity contribution in [2.24, 2.45) is 0 Å². The summed E-state index contributed by atoms with van der Waals surface area (Å²) in [5.74, 6) is 0. The highest BCUT2D eigenvalue weighted by Crippen LogP contribution is 2.35. The van der Waals surface area contributed by atoms with Crippen molar-refractivity contribution in [3.63, 3.8) is 0 Å². The highest BCUT2D eigenvalue weighted by Gasteiger charge is 2.26. The van der Waals surface area contributed by atoms with Crippen LogP contribution in [0.25, 0.3) is 0 Å². The van der Waals surface area contributed by atoms with E-state index in [-0.39, 0.29) is 6.04 Å². The average molecular weight is 349 g/mol. The molecule has 122 valence electrons. The van der Waals surface area contributed by atoms with Crippen molar-refractivity contribution in [2.45, 2.75) is 19.9 Å². The Labute approximate surface area is 148 Å². The van der Waals surface area contributed by atoms with Gasteiger partial charge in [0.15, 0.2) is 0 Å². The fourth-order valence-corrected chi connectivity index (χ4v) is 3.70. The molecule has 1 saturated heterocycles. The Morgan fingerprint density at radius 1 is 0.957 bits per heavy atom. The third-order valence-corrected chi connectivity index (χ3v) is 5.18. The lowest BCUT2D eigenvalue weighted by atomic mass is 9.94. The Hall–Kier alpha value is -1.06. The van der Waals surface area contributed by atoms with E-state index in [1.54, 1.807) is 0 Å². The molecule has 0 amide bonds. The number of halogens is 2. The predicted molar refractivity (Wildman–Crippen MR) is 98.7 cm³/mol. The highest BCUT2D eigenvalue weighted by molar-refractivity contribution is 6.35. The maximum absolute atomic E-state index is 6.54. The number of piperazine rings is 1. The number of rotatable bonds is 3. The minimum atomic E-state index is 0.168. The monoisotopic (exact) mass is 348 g/mol. The van der Waals surface area contributed by atoms with Crippen LogP contribution in [-0.2, 0) is 0 Å². The van der Waals surface area contributed by atoms with E-state index in [2.05, 4.69) is 48.3 Å². The van der Waals surface area contributed by atoms with E-state index >= 15 is 0 Å². The summed E-state index contributed by atoms with van der Waals surface area (Å²) in [6.45, 7) is 8.34. The zero-order valence-corrected chi connectivity index (χ0v) is 15.1. The van der Waals surface area contributed by atoms with Crippen molar-refractivity contribution < 1.29 is 0 Å². The van der Waals surface area contributed by atoms with Crippen LogP contribution in [0.5, 0.6) is 0 Å². The molecule has 4 heteroatoms. The topological polar surface area (TPSA) is 15.3 Å². The van der Waals surface area contributed by atoms with Gasteiger partial charge in [0.25, 0.3) is 0 Å². The molecule has 1 heterocycles. The van der Waals surface area contributed by atoms with Crippen LogP contribution in [0.3, 0.4) is 0 Å². The number of benzene rings is 2. The minimum absolute atomic E-state index is 0.168. The van der Waals surface area contributed by atoms with Crippen LogP contribution >= 0.6 is 23.2 Å². The summed E-state index contributed by atoms with van der Waals surface area (Å²) in [7, 11) is 0. The van der Waals surface area contributed by atoms with Gasteiger partial charge in [-0.1, -0.05) is 47.5 Å². The second-order valence-corrected chi connectivity index (χ2v) is 7.04. The first-order valence-corrected chi connectivity index (χ1v) is 8.79. The fraction of sp³-hybridized carbons (Fsp3) is 0.368. The summed E-state index contributed by atoms with van der Waals surface area (Å²) < 4.78 is 0. The molecule has 23 heavy (non-hydrogen) atoms. The third-order valence-electron chi connectivity index (χ3n) is 4.62. The molecule has 1 atom stereocenters. The van der Waals surface area contributed by atoms with E-state index in [9.17, 15) is 0 Å². The first kappa shape index (κ1) is 16.8. The summed E-state index contributed by atoms with van der Waals surface area (Å²) in [6.07, 6.45) is 0. The Kier molecular flexibility index (Phi) is 5.27. The third kappa shape index (κ3) is 3.72. The highest BCUT2D eigenvalue weighted by atomic mass is 35.5. The van der Waals surface area contributed by atoms with Crippen LogP contribution in [0.1, 0.15) is 28.3 Å². The number of hydrogen-bond donors (Lipinski definition) is 1. The quantitative estimate of drug-likeness (QED) is 0.871. The zero-order valence-electron chi connectivity index (χ0n) is 13.6. The summed E-state index contributed by atoms with van der Waals surface area (Å²) in [5.41, 5.74) is 5.04. The van der Waals surface area contributed by atoms with Crippen LogP contribution in [0.15, 0.2) is 36.4 Å². The van der Waals surface area contributed by atoms with Gasteiger partial charge in [-0.15, -0.1) is 0 Å².